The molecule has 11 heavy (non-hydrogen) atoms. The maximum absolute atomic E-state index is 1.66. The molecule has 4 unspecified atom stereocenters. The molecular formula is C11H16. The number of hydrogen-bond acceptors (Lipinski definition) is 0. The minimum Gasteiger partial charge on any atom is -0.0498 e. The van der Waals surface area contributed by atoms with Crippen LogP contribution in [-0.2, 0) is 0 Å². The smallest absolute Gasteiger partial charge is 0.0207 e. The molecule has 5 aliphatic carbocycles. The molecule has 5 saturated carbocycles. The van der Waals surface area contributed by atoms with Gasteiger partial charge in [-0.05, 0) is 67.6 Å². The summed E-state index contributed by atoms with van der Waals surface area (Å²) < 4.78 is 0. The fourth-order valence-electron chi connectivity index (χ4n) is 5.04. The highest BCUT2D eigenvalue weighted by atomic mass is 14.8. The zero-order valence-corrected chi connectivity index (χ0v) is 7.05. The summed E-state index contributed by atoms with van der Waals surface area (Å²) in [6, 6.07) is 0. The highest BCUT2D eigenvalue weighted by Crippen LogP contribution is 2.79. The van der Waals surface area contributed by atoms with Crippen LogP contribution >= 0.6 is 0 Å². The van der Waals surface area contributed by atoms with Crippen LogP contribution in [0.15, 0.2) is 0 Å². The Morgan fingerprint density at radius 2 is 1.73 bits per heavy atom. The standard InChI is InChI=1S/C11H16/c1-4-10-7(1)6-11(10)8-2-3-9(11)5-8/h7-10H,1-6H2. The van der Waals surface area contributed by atoms with E-state index in [0.29, 0.717) is 0 Å². The van der Waals surface area contributed by atoms with Crippen LogP contribution in [-0.4, -0.2) is 0 Å². The largest absolute Gasteiger partial charge is 0.0498 e. The van der Waals surface area contributed by atoms with E-state index in [-0.39, 0.29) is 0 Å². The second kappa shape index (κ2) is 1.41. The first-order chi connectivity index (χ1) is 5.41. The van der Waals surface area contributed by atoms with Crippen LogP contribution in [0.25, 0.3) is 0 Å². The van der Waals surface area contributed by atoms with Crippen LogP contribution in [0.4, 0.5) is 0 Å². The Hall–Kier alpha value is 0. The summed E-state index contributed by atoms with van der Waals surface area (Å²) in [5.74, 6) is 4.90. The minimum absolute atomic E-state index is 0.989. The molecule has 2 bridgehead atoms. The molecule has 5 rings (SSSR count). The first-order valence-electron chi connectivity index (χ1n) is 5.41. The van der Waals surface area contributed by atoms with E-state index in [1.54, 1.807) is 38.5 Å². The second-order valence-electron chi connectivity index (χ2n) is 5.47. The monoisotopic (exact) mass is 148 g/mol. The van der Waals surface area contributed by atoms with Crippen molar-refractivity contribution in [3.63, 3.8) is 0 Å². The van der Waals surface area contributed by atoms with Gasteiger partial charge in [-0.25, -0.2) is 0 Å². The maximum Gasteiger partial charge on any atom is -0.0207 e. The zero-order chi connectivity index (χ0) is 7.05. The molecule has 0 radical (unpaired) electrons. The van der Waals surface area contributed by atoms with Gasteiger partial charge >= 0.3 is 0 Å². The molecule has 0 N–H and O–H groups in total. The fraction of sp³-hybridized carbons (Fsp3) is 1.00. The van der Waals surface area contributed by atoms with Crippen molar-refractivity contribution in [2.75, 3.05) is 0 Å². The van der Waals surface area contributed by atoms with Crippen LogP contribution < -0.4 is 0 Å². The van der Waals surface area contributed by atoms with E-state index in [0.717, 1.165) is 5.41 Å². The summed E-state index contributed by atoms with van der Waals surface area (Å²) >= 11 is 0. The van der Waals surface area contributed by atoms with Crippen molar-refractivity contribution in [1.82, 2.24) is 0 Å². The van der Waals surface area contributed by atoms with Gasteiger partial charge in [0.15, 0.2) is 0 Å². The normalized spacial score (nSPS) is 69.8. The fourth-order valence-corrected chi connectivity index (χ4v) is 5.04. The van der Waals surface area contributed by atoms with Gasteiger partial charge in [0.1, 0.15) is 0 Å². The molecule has 0 heterocycles. The van der Waals surface area contributed by atoms with E-state index in [1.807, 2.05) is 0 Å². The van der Waals surface area contributed by atoms with Crippen molar-refractivity contribution < 1.29 is 0 Å². The molecular weight excluding hydrogens is 132 g/mol. The van der Waals surface area contributed by atoms with E-state index < -0.39 is 0 Å². The summed E-state index contributed by atoms with van der Waals surface area (Å²) in [6.07, 6.45) is 9.70. The molecule has 0 nitrogen and oxygen atoms in total. The first-order valence-corrected chi connectivity index (χ1v) is 5.41. The van der Waals surface area contributed by atoms with Gasteiger partial charge < -0.3 is 0 Å². The Kier molecular flexibility index (Phi) is 0.717. The highest BCUT2D eigenvalue weighted by molar-refractivity contribution is 5.20. The Morgan fingerprint density at radius 1 is 0.909 bits per heavy atom. The maximum atomic E-state index is 1.66. The third-order valence-electron chi connectivity index (χ3n) is 5.68. The van der Waals surface area contributed by atoms with Crippen LogP contribution in [0.3, 0.4) is 0 Å². The third-order valence-corrected chi connectivity index (χ3v) is 5.68. The minimum atomic E-state index is 0.989. The Morgan fingerprint density at radius 3 is 2.09 bits per heavy atom. The lowest BCUT2D eigenvalue weighted by Gasteiger charge is -2.70. The van der Waals surface area contributed by atoms with Gasteiger partial charge in [-0.15, -0.1) is 0 Å². The van der Waals surface area contributed by atoms with Crippen molar-refractivity contribution in [3.8, 4) is 0 Å². The van der Waals surface area contributed by atoms with E-state index in [9.17, 15) is 0 Å². The van der Waals surface area contributed by atoms with Crippen molar-refractivity contribution in [3.05, 3.63) is 0 Å². The Bertz CT molecular complexity index is 204. The van der Waals surface area contributed by atoms with Gasteiger partial charge in [0, 0.05) is 0 Å². The average Bonchev–Trinajstić information content (AvgIpc) is 2.52. The number of rotatable bonds is 0. The Balaban J connectivity index is 1.73. The topological polar surface area (TPSA) is 0 Å². The lowest BCUT2D eigenvalue weighted by molar-refractivity contribution is -0.218. The van der Waals surface area contributed by atoms with E-state index in [2.05, 4.69) is 0 Å². The quantitative estimate of drug-likeness (QED) is 0.495. The molecule has 1 spiro atoms. The summed E-state index contributed by atoms with van der Waals surface area (Å²) in [4.78, 5) is 0. The van der Waals surface area contributed by atoms with Crippen LogP contribution in [0.2, 0.25) is 0 Å². The number of hydrogen-bond donors (Lipinski definition) is 0. The van der Waals surface area contributed by atoms with Gasteiger partial charge in [-0.2, -0.15) is 0 Å². The predicted octanol–water partition coefficient (Wildman–Crippen LogP) is 2.83. The highest BCUT2D eigenvalue weighted by Gasteiger charge is 2.71. The Labute approximate surface area is 68.4 Å². The second-order valence-corrected chi connectivity index (χ2v) is 5.47. The van der Waals surface area contributed by atoms with Gasteiger partial charge in [0.25, 0.3) is 0 Å². The van der Waals surface area contributed by atoms with Crippen molar-refractivity contribution in [2.45, 2.75) is 38.5 Å². The molecule has 0 aliphatic heterocycles. The van der Waals surface area contributed by atoms with E-state index in [1.165, 1.54) is 23.7 Å². The van der Waals surface area contributed by atoms with Crippen LogP contribution in [0.1, 0.15) is 38.5 Å². The molecule has 0 amide bonds. The van der Waals surface area contributed by atoms with Gasteiger partial charge in [0.2, 0.25) is 0 Å². The summed E-state index contributed by atoms with van der Waals surface area (Å²) in [5, 5.41) is 0. The summed E-state index contributed by atoms with van der Waals surface area (Å²) in [7, 11) is 0. The lowest BCUT2D eigenvalue weighted by atomic mass is 9.34. The van der Waals surface area contributed by atoms with Gasteiger partial charge in [-0.1, -0.05) is 0 Å². The van der Waals surface area contributed by atoms with Crippen molar-refractivity contribution >= 4 is 0 Å². The molecule has 0 aromatic rings. The molecule has 5 aliphatic rings. The SMILES string of the molecule is C1CC2C1CC21C2CCC1C2. The van der Waals surface area contributed by atoms with Crippen LogP contribution in [0, 0.1) is 29.1 Å². The molecule has 0 aromatic heterocycles. The summed E-state index contributed by atoms with van der Waals surface area (Å²) in [5.41, 5.74) is 0.989. The third kappa shape index (κ3) is 0.381. The molecule has 60 valence electrons. The summed E-state index contributed by atoms with van der Waals surface area (Å²) in [6.45, 7) is 0. The van der Waals surface area contributed by atoms with Gasteiger partial charge in [-0.3, -0.25) is 0 Å². The molecule has 5 fully saturated rings. The van der Waals surface area contributed by atoms with E-state index >= 15 is 0 Å². The molecule has 4 atom stereocenters. The average molecular weight is 148 g/mol. The van der Waals surface area contributed by atoms with Crippen LogP contribution in [0.5, 0.6) is 0 Å². The van der Waals surface area contributed by atoms with Crippen molar-refractivity contribution in [1.29, 1.82) is 0 Å². The zero-order valence-electron chi connectivity index (χ0n) is 7.05. The predicted molar refractivity (Wildman–Crippen MR) is 44.1 cm³/mol. The first kappa shape index (κ1) is 5.61. The van der Waals surface area contributed by atoms with Gasteiger partial charge in [0.05, 0.1) is 0 Å². The van der Waals surface area contributed by atoms with E-state index in [4.69, 9.17) is 0 Å². The van der Waals surface area contributed by atoms with Crippen molar-refractivity contribution in [2.24, 2.45) is 29.1 Å². The molecule has 0 aromatic carbocycles. The molecule has 0 saturated heterocycles. The lowest BCUT2D eigenvalue weighted by Crippen LogP contribution is -2.63. The molecule has 0 heteroatoms. The number of fused-ring (bicyclic) bond motifs is 2.